The number of rotatable bonds is 11. The Kier molecular flexibility index (Phi) is 8.69. The number of esters is 1. The highest BCUT2D eigenvalue weighted by atomic mass is 16.5. The number of hydrogen-bond acceptors (Lipinski definition) is 4. The maximum atomic E-state index is 12.1. The van der Waals surface area contributed by atoms with Crippen LogP contribution in [0.3, 0.4) is 0 Å². The van der Waals surface area contributed by atoms with Crippen LogP contribution in [0.25, 0.3) is 0 Å². The molecule has 2 aromatic rings. The van der Waals surface area contributed by atoms with Crippen molar-refractivity contribution in [3.05, 3.63) is 53.6 Å². The largest absolute Gasteiger partial charge is 0.490 e. The van der Waals surface area contributed by atoms with Crippen molar-refractivity contribution in [3.8, 4) is 17.2 Å². The summed E-state index contributed by atoms with van der Waals surface area (Å²) in [7, 11) is 0. The second kappa shape index (κ2) is 11.3. The lowest BCUT2D eigenvalue weighted by molar-refractivity contribution is -0.134. The number of hydrogen-bond donors (Lipinski definition) is 0. The normalized spacial score (nSPS) is 10.5. The zero-order valence-electron chi connectivity index (χ0n) is 16.6. The molecule has 0 unspecified atom stereocenters. The Hall–Kier alpha value is -2.49. The van der Waals surface area contributed by atoms with Gasteiger partial charge in [0.1, 0.15) is 5.75 Å². The molecule has 2 rings (SSSR count). The molecule has 0 N–H and O–H groups in total. The average molecular weight is 370 g/mol. The first-order chi connectivity index (χ1) is 13.2. The smallest absolute Gasteiger partial charge is 0.311 e. The molecule has 4 nitrogen and oxygen atoms in total. The zero-order valence-corrected chi connectivity index (χ0v) is 16.6. The molecular weight excluding hydrogens is 340 g/mol. The monoisotopic (exact) mass is 370 g/mol. The second-order valence-corrected chi connectivity index (χ2v) is 6.39. The minimum Gasteiger partial charge on any atom is -0.490 e. The van der Waals surface area contributed by atoms with Gasteiger partial charge in [0.25, 0.3) is 0 Å². The summed E-state index contributed by atoms with van der Waals surface area (Å²) in [5.74, 6) is 1.84. The molecule has 0 aromatic heterocycles. The fourth-order valence-corrected chi connectivity index (χ4v) is 2.64. The van der Waals surface area contributed by atoms with E-state index in [9.17, 15) is 4.79 Å². The van der Waals surface area contributed by atoms with Crippen LogP contribution in [-0.2, 0) is 17.6 Å². The molecule has 2 aromatic carbocycles. The molecule has 0 saturated heterocycles. The molecule has 146 valence electrons. The summed E-state index contributed by atoms with van der Waals surface area (Å²) >= 11 is 0. The summed E-state index contributed by atoms with van der Waals surface area (Å²) in [4.78, 5) is 12.1. The van der Waals surface area contributed by atoms with Gasteiger partial charge in [0.15, 0.2) is 11.5 Å². The van der Waals surface area contributed by atoms with Crippen molar-refractivity contribution < 1.29 is 19.0 Å². The fraction of sp³-hybridized carbons (Fsp3) is 0.435. The zero-order chi connectivity index (χ0) is 19.5. The van der Waals surface area contributed by atoms with Gasteiger partial charge in [-0.2, -0.15) is 0 Å². The number of carbonyl (C=O) groups excluding carboxylic acids is 1. The topological polar surface area (TPSA) is 44.8 Å². The Bertz CT molecular complexity index is 707. The molecule has 0 aliphatic carbocycles. The summed E-state index contributed by atoms with van der Waals surface area (Å²) in [6.07, 6.45) is 3.98. The summed E-state index contributed by atoms with van der Waals surface area (Å²) in [6.45, 7) is 7.43. The van der Waals surface area contributed by atoms with Crippen molar-refractivity contribution >= 4 is 5.97 Å². The van der Waals surface area contributed by atoms with Crippen molar-refractivity contribution in [2.75, 3.05) is 13.2 Å². The maximum absolute atomic E-state index is 12.1. The predicted molar refractivity (Wildman–Crippen MR) is 108 cm³/mol. The van der Waals surface area contributed by atoms with Crippen molar-refractivity contribution in [1.82, 2.24) is 0 Å². The fourth-order valence-electron chi connectivity index (χ4n) is 2.64. The van der Waals surface area contributed by atoms with Crippen molar-refractivity contribution in [2.45, 2.75) is 52.9 Å². The van der Waals surface area contributed by atoms with Crippen molar-refractivity contribution in [1.29, 1.82) is 0 Å². The first kappa shape index (κ1) is 20.8. The van der Waals surface area contributed by atoms with E-state index >= 15 is 0 Å². The summed E-state index contributed by atoms with van der Waals surface area (Å²) in [5.41, 5.74) is 2.25. The molecule has 0 aliphatic rings. The van der Waals surface area contributed by atoms with E-state index in [4.69, 9.17) is 14.2 Å². The maximum Gasteiger partial charge on any atom is 0.311 e. The molecule has 0 fully saturated rings. The van der Waals surface area contributed by atoms with Crippen LogP contribution in [-0.4, -0.2) is 19.2 Å². The van der Waals surface area contributed by atoms with E-state index in [1.165, 1.54) is 5.56 Å². The molecule has 4 heteroatoms. The van der Waals surface area contributed by atoms with E-state index in [1.54, 1.807) is 0 Å². The molecule has 0 saturated carbocycles. The Labute approximate surface area is 162 Å². The predicted octanol–water partition coefficient (Wildman–Crippen LogP) is 5.36. The highest BCUT2D eigenvalue weighted by molar-refractivity contribution is 5.72. The van der Waals surface area contributed by atoms with E-state index in [-0.39, 0.29) is 5.97 Å². The minimum absolute atomic E-state index is 0.236. The van der Waals surface area contributed by atoms with Gasteiger partial charge in [-0.05, 0) is 61.6 Å². The van der Waals surface area contributed by atoms with E-state index in [2.05, 4.69) is 13.8 Å². The van der Waals surface area contributed by atoms with Gasteiger partial charge < -0.3 is 14.2 Å². The van der Waals surface area contributed by atoms with Gasteiger partial charge in [0, 0.05) is 6.42 Å². The minimum atomic E-state index is -0.236. The highest BCUT2D eigenvalue weighted by Crippen LogP contribution is 2.29. The number of aryl methyl sites for hydroxylation is 2. The lowest BCUT2D eigenvalue weighted by Gasteiger charge is -2.13. The quantitative estimate of drug-likeness (QED) is 0.303. The van der Waals surface area contributed by atoms with E-state index in [1.807, 2.05) is 49.4 Å². The molecule has 0 spiro atoms. The van der Waals surface area contributed by atoms with E-state index in [0.29, 0.717) is 31.8 Å². The van der Waals surface area contributed by atoms with Gasteiger partial charge in [-0.1, -0.05) is 38.5 Å². The van der Waals surface area contributed by atoms with Crippen LogP contribution in [0.1, 0.15) is 51.2 Å². The number of unbranched alkanes of at least 4 members (excludes halogenated alkanes) is 1. The molecule has 0 aliphatic heterocycles. The summed E-state index contributed by atoms with van der Waals surface area (Å²) in [6, 6.07) is 13.5. The van der Waals surface area contributed by atoms with Crippen LogP contribution >= 0.6 is 0 Å². The third kappa shape index (κ3) is 6.97. The van der Waals surface area contributed by atoms with Crippen molar-refractivity contribution in [2.24, 2.45) is 0 Å². The van der Waals surface area contributed by atoms with Gasteiger partial charge in [0.2, 0.25) is 0 Å². The van der Waals surface area contributed by atoms with Crippen LogP contribution in [0.4, 0.5) is 0 Å². The molecule has 0 heterocycles. The molecule has 27 heavy (non-hydrogen) atoms. The Morgan fingerprint density at radius 3 is 2.30 bits per heavy atom. The molecular formula is C23H30O4. The van der Waals surface area contributed by atoms with Crippen LogP contribution in [0, 0.1) is 0 Å². The molecule has 0 bridgehead atoms. The van der Waals surface area contributed by atoms with Crippen LogP contribution in [0.2, 0.25) is 0 Å². The average Bonchev–Trinajstić information content (AvgIpc) is 2.69. The van der Waals surface area contributed by atoms with Gasteiger partial charge in [-0.25, -0.2) is 0 Å². The van der Waals surface area contributed by atoms with Crippen LogP contribution < -0.4 is 14.2 Å². The van der Waals surface area contributed by atoms with E-state index in [0.717, 1.165) is 36.3 Å². The van der Waals surface area contributed by atoms with Crippen molar-refractivity contribution in [3.63, 3.8) is 0 Å². The Morgan fingerprint density at radius 2 is 1.63 bits per heavy atom. The lowest BCUT2D eigenvalue weighted by atomic mass is 10.1. The van der Waals surface area contributed by atoms with Crippen LogP contribution in [0.15, 0.2) is 42.5 Å². The summed E-state index contributed by atoms with van der Waals surface area (Å²) < 4.78 is 16.9. The van der Waals surface area contributed by atoms with Gasteiger partial charge >= 0.3 is 5.97 Å². The van der Waals surface area contributed by atoms with Crippen LogP contribution in [0.5, 0.6) is 17.2 Å². The first-order valence-corrected chi connectivity index (χ1v) is 9.84. The lowest BCUT2D eigenvalue weighted by Crippen LogP contribution is -2.09. The standard InChI is InChI=1S/C23H30O4/c1-4-7-16-26-21-14-10-19(17-22(21)25-6-3)11-15-23(24)27-20-12-8-18(5-2)9-13-20/h8-10,12-14,17H,4-7,11,15-16H2,1-3H3. The third-order valence-electron chi connectivity index (χ3n) is 4.24. The second-order valence-electron chi connectivity index (χ2n) is 6.39. The SMILES string of the molecule is CCCCOc1ccc(CCC(=O)Oc2ccc(CC)cc2)cc1OCC. The number of ether oxygens (including phenoxy) is 3. The van der Waals surface area contributed by atoms with E-state index < -0.39 is 0 Å². The molecule has 0 amide bonds. The molecule has 0 radical (unpaired) electrons. The van der Waals surface area contributed by atoms with Gasteiger partial charge in [-0.15, -0.1) is 0 Å². The number of carbonyl (C=O) groups is 1. The third-order valence-corrected chi connectivity index (χ3v) is 4.24. The Balaban J connectivity index is 1.91. The van der Waals surface area contributed by atoms with Gasteiger partial charge in [-0.3, -0.25) is 4.79 Å². The Morgan fingerprint density at radius 1 is 0.889 bits per heavy atom. The van der Waals surface area contributed by atoms with Gasteiger partial charge in [0.05, 0.1) is 13.2 Å². The first-order valence-electron chi connectivity index (χ1n) is 9.84. The highest BCUT2D eigenvalue weighted by Gasteiger charge is 2.10. The number of benzene rings is 2. The summed E-state index contributed by atoms with van der Waals surface area (Å²) in [5, 5.41) is 0. The molecule has 0 atom stereocenters.